The summed E-state index contributed by atoms with van der Waals surface area (Å²) in [5.41, 5.74) is 0.807. The van der Waals surface area contributed by atoms with Crippen LogP contribution in [0.4, 0.5) is 18.9 Å². The number of aryl methyl sites for hydroxylation is 1. The first kappa shape index (κ1) is 20.3. The predicted octanol–water partition coefficient (Wildman–Crippen LogP) is 5.82. The maximum absolute atomic E-state index is 12.7. The van der Waals surface area contributed by atoms with Crippen molar-refractivity contribution in [2.24, 2.45) is 0 Å². The summed E-state index contributed by atoms with van der Waals surface area (Å²) in [6, 6.07) is 18.7. The molecular formula is C22H18F3NO3. The van der Waals surface area contributed by atoms with E-state index in [1.807, 2.05) is 31.2 Å². The van der Waals surface area contributed by atoms with Gasteiger partial charge in [-0.2, -0.15) is 13.2 Å². The van der Waals surface area contributed by atoms with E-state index in [4.69, 9.17) is 9.47 Å². The predicted molar refractivity (Wildman–Crippen MR) is 103 cm³/mol. The molecule has 3 aromatic carbocycles. The number of alkyl halides is 3. The lowest BCUT2D eigenvalue weighted by molar-refractivity contribution is -0.137. The van der Waals surface area contributed by atoms with Crippen molar-refractivity contribution in [2.45, 2.75) is 13.1 Å². The average Bonchev–Trinajstić information content (AvgIpc) is 2.69. The lowest BCUT2D eigenvalue weighted by Crippen LogP contribution is -2.20. The highest BCUT2D eigenvalue weighted by atomic mass is 19.4. The molecule has 4 nitrogen and oxygen atoms in total. The van der Waals surface area contributed by atoms with E-state index in [0.717, 1.165) is 17.7 Å². The largest absolute Gasteiger partial charge is 0.484 e. The van der Waals surface area contributed by atoms with Gasteiger partial charge in [-0.1, -0.05) is 23.8 Å². The summed E-state index contributed by atoms with van der Waals surface area (Å²) in [6.45, 7) is 1.57. The molecule has 0 saturated carbocycles. The molecule has 0 aliphatic heterocycles. The Balaban J connectivity index is 1.52. The Kier molecular flexibility index (Phi) is 6.07. The van der Waals surface area contributed by atoms with Gasteiger partial charge in [-0.15, -0.1) is 0 Å². The van der Waals surface area contributed by atoms with Crippen molar-refractivity contribution in [3.05, 3.63) is 83.9 Å². The van der Waals surface area contributed by atoms with E-state index in [2.05, 4.69) is 5.32 Å². The molecule has 1 N–H and O–H groups in total. The summed E-state index contributed by atoms with van der Waals surface area (Å²) >= 11 is 0. The maximum Gasteiger partial charge on any atom is 0.416 e. The number of rotatable bonds is 6. The van der Waals surface area contributed by atoms with E-state index < -0.39 is 24.3 Å². The van der Waals surface area contributed by atoms with Gasteiger partial charge in [0.2, 0.25) is 0 Å². The average molecular weight is 401 g/mol. The number of nitrogens with one attached hydrogen (secondary N) is 1. The summed E-state index contributed by atoms with van der Waals surface area (Å²) in [5, 5.41) is 2.61. The molecule has 3 rings (SSSR count). The number of amides is 1. The highest BCUT2D eigenvalue weighted by Gasteiger charge is 2.30. The number of carbonyl (C=O) groups excluding carboxylic acids is 1. The lowest BCUT2D eigenvalue weighted by Gasteiger charge is -2.11. The molecule has 3 aromatic rings. The van der Waals surface area contributed by atoms with Gasteiger partial charge in [-0.3, -0.25) is 4.79 Å². The Hall–Kier alpha value is -3.48. The molecule has 0 saturated heterocycles. The number of hydrogen-bond donors (Lipinski definition) is 1. The van der Waals surface area contributed by atoms with Crippen LogP contribution in [-0.2, 0) is 11.0 Å². The second kappa shape index (κ2) is 8.68. The molecule has 0 spiro atoms. The van der Waals surface area contributed by atoms with Crippen LogP contribution in [0.5, 0.6) is 17.2 Å². The molecule has 1 amide bonds. The molecule has 0 radical (unpaired) electrons. The smallest absolute Gasteiger partial charge is 0.416 e. The Morgan fingerprint density at radius 1 is 0.897 bits per heavy atom. The summed E-state index contributed by atoms with van der Waals surface area (Å²) in [5.74, 6) is 0.778. The molecule has 0 atom stereocenters. The van der Waals surface area contributed by atoms with Crippen LogP contribution in [-0.4, -0.2) is 12.5 Å². The Morgan fingerprint density at radius 2 is 1.52 bits per heavy atom. The van der Waals surface area contributed by atoms with Crippen molar-refractivity contribution in [3.8, 4) is 17.2 Å². The number of ether oxygens (including phenoxy) is 2. The van der Waals surface area contributed by atoms with Crippen LogP contribution < -0.4 is 14.8 Å². The molecule has 7 heteroatoms. The van der Waals surface area contributed by atoms with Crippen LogP contribution in [0.25, 0.3) is 0 Å². The number of halogens is 3. The molecule has 0 aromatic heterocycles. The quantitative estimate of drug-likeness (QED) is 0.566. The fourth-order valence-corrected chi connectivity index (χ4v) is 2.46. The molecule has 0 heterocycles. The molecule has 150 valence electrons. The van der Waals surface area contributed by atoms with Gasteiger partial charge in [-0.05, 0) is 61.5 Å². The zero-order chi connectivity index (χ0) is 20.9. The van der Waals surface area contributed by atoms with Crippen molar-refractivity contribution in [1.29, 1.82) is 0 Å². The monoisotopic (exact) mass is 401 g/mol. The van der Waals surface area contributed by atoms with Gasteiger partial charge in [0, 0.05) is 5.69 Å². The van der Waals surface area contributed by atoms with Gasteiger partial charge < -0.3 is 14.8 Å². The number of benzene rings is 3. The van der Waals surface area contributed by atoms with Crippen molar-refractivity contribution in [2.75, 3.05) is 11.9 Å². The molecule has 0 bridgehead atoms. The normalized spacial score (nSPS) is 11.0. The molecular weight excluding hydrogens is 383 g/mol. The second-order valence-corrected chi connectivity index (χ2v) is 6.30. The van der Waals surface area contributed by atoms with Crippen LogP contribution in [0.1, 0.15) is 11.1 Å². The second-order valence-electron chi connectivity index (χ2n) is 6.30. The summed E-state index contributed by atoms with van der Waals surface area (Å²) in [6.07, 6.45) is -4.47. The molecule has 0 unspecified atom stereocenters. The van der Waals surface area contributed by atoms with Crippen molar-refractivity contribution in [1.82, 2.24) is 0 Å². The third kappa shape index (κ3) is 6.00. The van der Waals surface area contributed by atoms with Gasteiger partial charge in [0.1, 0.15) is 17.2 Å². The SMILES string of the molecule is Cc1ccc(Oc2ccc(NC(=O)COc3cccc(C(F)(F)F)c3)cc2)cc1. The van der Waals surface area contributed by atoms with Crippen molar-refractivity contribution >= 4 is 11.6 Å². The highest BCUT2D eigenvalue weighted by Crippen LogP contribution is 2.31. The zero-order valence-corrected chi connectivity index (χ0v) is 15.5. The molecule has 29 heavy (non-hydrogen) atoms. The first-order valence-corrected chi connectivity index (χ1v) is 8.74. The van der Waals surface area contributed by atoms with E-state index in [9.17, 15) is 18.0 Å². The minimum absolute atomic E-state index is 0.0307. The van der Waals surface area contributed by atoms with Gasteiger partial charge in [0.25, 0.3) is 5.91 Å². The fourth-order valence-electron chi connectivity index (χ4n) is 2.46. The molecule has 0 aliphatic rings. The summed E-state index contributed by atoms with van der Waals surface area (Å²) < 4.78 is 49.0. The first-order chi connectivity index (χ1) is 13.8. The molecule has 0 aliphatic carbocycles. The van der Waals surface area contributed by atoms with Gasteiger partial charge in [-0.25, -0.2) is 0 Å². The van der Waals surface area contributed by atoms with Crippen LogP contribution >= 0.6 is 0 Å². The summed E-state index contributed by atoms with van der Waals surface area (Å²) in [4.78, 5) is 12.0. The zero-order valence-electron chi connectivity index (χ0n) is 15.5. The Bertz CT molecular complexity index is 968. The van der Waals surface area contributed by atoms with Crippen molar-refractivity contribution in [3.63, 3.8) is 0 Å². The van der Waals surface area contributed by atoms with Crippen LogP contribution in [0.15, 0.2) is 72.8 Å². The van der Waals surface area contributed by atoms with E-state index >= 15 is 0 Å². The van der Waals surface area contributed by atoms with Crippen molar-refractivity contribution < 1.29 is 27.4 Å². The Morgan fingerprint density at radius 3 is 2.14 bits per heavy atom. The lowest BCUT2D eigenvalue weighted by atomic mass is 10.2. The van der Waals surface area contributed by atoms with Gasteiger partial charge in [0.05, 0.1) is 5.56 Å². The van der Waals surface area contributed by atoms with E-state index in [-0.39, 0.29) is 5.75 Å². The maximum atomic E-state index is 12.7. The van der Waals surface area contributed by atoms with E-state index in [1.54, 1.807) is 24.3 Å². The third-order valence-corrected chi connectivity index (χ3v) is 3.93. The van der Waals surface area contributed by atoms with Gasteiger partial charge >= 0.3 is 6.18 Å². The number of carbonyl (C=O) groups is 1. The van der Waals surface area contributed by atoms with Crippen LogP contribution in [0.3, 0.4) is 0 Å². The first-order valence-electron chi connectivity index (χ1n) is 8.74. The highest BCUT2D eigenvalue weighted by molar-refractivity contribution is 5.91. The van der Waals surface area contributed by atoms with E-state index in [0.29, 0.717) is 17.2 Å². The number of anilines is 1. The van der Waals surface area contributed by atoms with Gasteiger partial charge in [0.15, 0.2) is 6.61 Å². The molecule has 0 fully saturated rings. The standard InChI is InChI=1S/C22H18F3NO3/c1-15-5-9-18(10-6-15)29-19-11-7-17(8-12-19)26-21(27)14-28-20-4-2-3-16(13-20)22(23,24)25/h2-13H,14H2,1H3,(H,26,27). The topological polar surface area (TPSA) is 47.6 Å². The fraction of sp³-hybridized carbons (Fsp3) is 0.136. The van der Waals surface area contributed by atoms with Crippen LogP contribution in [0, 0.1) is 6.92 Å². The minimum atomic E-state index is -4.47. The third-order valence-electron chi connectivity index (χ3n) is 3.93. The number of hydrogen-bond acceptors (Lipinski definition) is 3. The van der Waals surface area contributed by atoms with E-state index in [1.165, 1.54) is 12.1 Å². The Labute approximate surface area is 165 Å². The minimum Gasteiger partial charge on any atom is -0.484 e. The summed E-state index contributed by atoms with van der Waals surface area (Å²) in [7, 11) is 0. The van der Waals surface area contributed by atoms with Crippen LogP contribution in [0.2, 0.25) is 0 Å².